The van der Waals surface area contributed by atoms with Crippen molar-refractivity contribution in [1.82, 2.24) is 19.5 Å². The Balaban J connectivity index is 1.99. The highest BCUT2D eigenvalue weighted by Gasteiger charge is 2.65. The number of aromatic nitrogens is 4. The Kier molecular flexibility index (Phi) is 5.98. The number of phosphoric acid groups is 2. The molecule has 2 aromatic rings. The first-order valence-corrected chi connectivity index (χ1v) is 11.1. The van der Waals surface area contributed by atoms with E-state index in [0.717, 1.165) is 17.2 Å². The van der Waals surface area contributed by atoms with E-state index in [1.165, 1.54) is 0 Å². The molecule has 3 rings (SSSR count). The Hall–Kier alpha value is -2.02. The van der Waals surface area contributed by atoms with Gasteiger partial charge in [-0.1, -0.05) is 5.92 Å². The average Bonchev–Trinajstić information content (AvgIpc) is 3.19. The van der Waals surface area contributed by atoms with Crippen LogP contribution in [0.1, 0.15) is 6.23 Å². The number of fused-ring (bicyclic) bond motifs is 1. The Morgan fingerprint density at radius 1 is 1.35 bits per heavy atom. The molecule has 1 fully saturated rings. The molecule has 0 radical (unpaired) electrons. The van der Waals surface area contributed by atoms with E-state index in [4.69, 9.17) is 26.7 Å². The van der Waals surface area contributed by atoms with Crippen molar-refractivity contribution in [3.05, 3.63) is 12.7 Å². The molecule has 0 aliphatic carbocycles. The number of nitrogens with two attached hydrogens (primary N) is 1. The number of hydrogen-bond donors (Lipinski definition) is 6. The Bertz CT molecular complexity index is 1140. The fourth-order valence-electron chi connectivity index (χ4n) is 2.98. The second kappa shape index (κ2) is 7.84. The van der Waals surface area contributed by atoms with Gasteiger partial charge in [0.1, 0.15) is 24.6 Å². The normalized spacial score (nSPS) is 30.9. The van der Waals surface area contributed by atoms with Crippen LogP contribution in [0.5, 0.6) is 0 Å². The summed E-state index contributed by atoms with van der Waals surface area (Å²) < 4.78 is 50.9. The zero-order chi connectivity index (χ0) is 23.2. The van der Waals surface area contributed by atoms with Crippen molar-refractivity contribution in [3.8, 4) is 12.3 Å². The van der Waals surface area contributed by atoms with Crippen molar-refractivity contribution in [2.24, 2.45) is 0 Å². The predicted octanol–water partition coefficient (Wildman–Crippen LogP) is -1.40. The van der Waals surface area contributed by atoms with Crippen LogP contribution >= 0.6 is 15.6 Å². The first-order chi connectivity index (χ1) is 14.3. The minimum atomic E-state index is -5.46. The van der Waals surface area contributed by atoms with Gasteiger partial charge in [-0.05, 0) is 0 Å². The molecule has 0 bridgehead atoms. The number of terminal acetylenes is 1. The monoisotopic (exact) mass is 483 g/mol. The summed E-state index contributed by atoms with van der Waals surface area (Å²) in [5, 5.41) is 21.5. The van der Waals surface area contributed by atoms with E-state index >= 15 is 0 Å². The van der Waals surface area contributed by atoms with E-state index in [2.05, 4.69) is 23.8 Å². The van der Waals surface area contributed by atoms with Crippen LogP contribution in [-0.4, -0.2) is 75.0 Å². The van der Waals surface area contributed by atoms with Gasteiger partial charge in [0.2, 0.25) is 0 Å². The van der Waals surface area contributed by atoms with Crippen molar-refractivity contribution < 1.29 is 52.0 Å². The Labute approximate surface area is 172 Å². The summed E-state index contributed by atoms with van der Waals surface area (Å²) in [6.45, 7) is -2.92. The maximum atomic E-state index is 14.0. The number of alkyl halides is 1. The maximum Gasteiger partial charge on any atom is 0.481 e. The first kappa shape index (κ1) is 23.6. The van der Waals surface area contributed by atoms with Gasteiger partial charge in [0.05, 0.1) is 12.9 Å². The molecular formula is C13H16FN5O10P2. The van der Waals surface area contributed by atoms with E-state index < -0.39 is 52.5 Å². The molecule has 170 valence electrons. The summed E-state index contributed by atoms with van der Waals surface area (Å²) in [5.74, 6) is 1.84. The standard InChI is InChI=1S/C13H16FN5O10P2/c1-2-13(21)10(20)12(3-14,4-27-31(25,26)29-30(22,23)24)28-11(13)19-6-18-7-8(15)16-5-17-9(7)19/h1,5-6,10-11,20-21H,3-4H2,(H,25,26)(H2,15,16,17)(H2,22,23,24)/t10-,11-,12-,13-/m1/s1. The van der Waals surface area contributed by atoms with Gasteiger partial charge < -0.3 is 35.4 Å². The lowest BCUT2D eigenvalue weighted by molar-refractivity contribution is -0.135. The average molecular weight is 483 g/mol. The molecule has 0 amide bonds. The Morgan fingerprint density at radius 3 is 2.61 bits per heavy atom. The number of nitrogens with zero attached hydrogens (tertiary/aromatic N) is 4. The van der Waals surface area contributed by atoms with Crippen LogP contribution in [0.15, 0.2) is 12.7 Å². The van der Waals surface area contributed by atoms with Crippen molar-refractivity contribution in [1.29, 1.82) is 0 Å². The van der Waals surface area contributed by atoms with Gasteiger partial charge in [-0.15, -0.1) is 6.42 Å². The van der Waals surface area contributed by atoms with E-state index in [1.54, 1.807) is 0 Å². The summed E-state index contributed by atoms with van der Waals surface area (Å²) in [6.07, 6.45) is 3.47. The van der Waals surface area contributed by atoms with Crippen LogP contribution in [0, 0.1) is 12.3 Å². The van der Waals surface area contributed by atoms with E-state index in [9.17, 15) is 28.6 Å². The third kappa shape index (κ3) is 4.21. The molecule has 3 heterocycles. The van der Waals surface area contributed by atoms with Crippen LogP contribution in [0.4, 0.5) is 10.2 Å². The molecule has 0 aromatic carbocycles. The molecule has 18 heteroatoms. The second-order valence-electron chi connectivity index (χ2n) is 6.44. The second-order valence-corrected chi connectivity index (χ2v) is 9.27. The summed E-state index contributed by atoms with van der Waals surface area (Å²) in [6, 6.07) is 0. The fraction of sp³-hybridized carbons (Fsp3) is 0.462. The largest absolute Gasteiger partial charge is 0.481 e. The molecule has 1 aliphatic heterocycles. The van der Waals surface area contributed by atoms with Crippen molar-refractivity contribution in [2.75, 3.05) is 19.0 Å². The number of aliphatic hydroxyl groups is 2. The highest BCUT2D eigenvalue weighted by molar-refractivity contribution is 7.60. The molecule has 1 unspecified atom stereocenters. The number of nitrogen functional groups attached to an aromatic ring is 1. The number of phosphoric ester groups is 1. The van der Waals surface area contributed by atoms with Crippen LogP contribution < -0.4 is 5.73 Å². The molecule has 31 heavy (non-hydrogen) atoms. The molecule has 2 aromatic heterocycles. The quantitative estimate of drug-likeness (QED) is 0.196. The number of imidazole rings is 1. The van der Waals surface area contributed by atoms with Gasteiger partial charge in [0.15, 0.2) is 28.9 Å². The molecule has 7 N–H and O–H groups in total. The number of aliphatic hydroxyl groups excluding tert-OH is 1. The van der Waals surface area contributed by atoms with Crippen LogP contribution in [0.25, 0.3) is 11.2 Å². The molecule has 0 saturated carbocycles. The lowest BCUT2D eigenvalue weighted by atomic mass is 9.87. The first-order valence-electron chi connectivity index (χ1n) is 8.08. The smallest absolute Gasteiger partial charge is 0.386 e. The van der Waals surface area contributed by atoms with E-state index in [1.807, 2.05) is 5.92 Å². The molecule has 0 spiro atoms. The van der Waals surface area contributed by atoms with Gasteiger partial charge in [-0.25, -0.2) is 28.5 Å². The number of anilines is 1. The highest BCUT2D eigenvalue weighted by Crippen LogP contribution is 2.58. The zero-order valence-electron chi connectivity index (χ0n) is 15.2. The zero-order valence-corrected chi connectivity index (χ0v) is 17.0. The van der Waals surface area contributed by atoms with Crippen molar-refractivity contribution >= 4 is 32.6 Å². The minimum absolute atomic E-state index is 0.00776. The number of ether oxygens (including phenoxy) is 1. The highest BCUT2D eigenvalue weighted by atomic mass is 31.3. The summed E-state index contributed by atoms with van der Waals surface area (Å²) in [4.78, 5) is 38.3. The van der Waals surface area contributed by atoms with E-state index in [-0.39, 0.29) is 17.0 Å². The molecule has 15 nitrogen and oxygen atoms in total. The van der Waals surface area contributed by atoms with E-state index in [0.29, 0.717) is 0 Å². The molecule has 5 atom stereocenters. The molecular weight excluding hydrogens is 467 g/mol. The lowest BCUT2D eigenvalue weighted by Gasteiger charge is -2.30. The number of hydrogen-bond acceptors (Lipinski definition) is 11. The number of halogens is 1. The third-order valence-electron chi connectivity index (χ3n) is 4.42. The van der Waals surface area contributed by atoms with Crippen LogP contribution in [0.2, 0.25) is 0 Å². The summed E-state index contributed by atoms with van der Waals surface area (Å²) in [5.41, 5.74) is 0.559. The van der Waals surface area contributed by atoms with Crippen LogP contribution in [0.3, 0.4) is 0 Å². The predicted molar refractivity (Wildman–Crippen MR) is 97.3 cm³/mol. The molecule has 1 saturated heterocycles. The van der Waals surface area contributed by atoms with Gasteiger partial charge in [0, 0.05) is 0 Å². The van der Waals surface area contributed by atoms with Crippen molar-refractivity contribution in [3.63, 3.8) is 0 Å². The summed E-state index contributed by atoms with van der Waals surface area (Å²) in [7, 11) is -10.9. The SMILES string of the molecule is C#C[C@@]1(O)[C@H](O)[C@@](CF)(COP(=O)(O)OP(=O)(O)O)O[C@H]1n1cnc2c(N)ncnc21. The third-order valence-corrected chi connectivity index (χ3v) is 6.55. The molecule has 1 aliphatic rings. The van der Waals surface area contributed by atoms with Gasteiger partial charge >= 0.3 is 15.6 Å². The van der Waals surface area contributed by atoms with Gasteiger partial charge in [0.25, 0.3) is 0 Å². The fourth-order valence-corrected chi connectivity index (χ4v) is 4.62. The van der Waals surface area contributed by atoms with Crippen LogP contribution in [-0.2, 0) is 22.7 Å². The lowest BCUT2D eigenvalue weighted by Crippen LogP contribution is -2.53. The van der Waals surface area contributed by atoms with Gasteiger partial charge in [-0.3, -0.25) is 9.09 Å². The van der Waals surface area contributed by atoms with Gasteiger partial charge in [-0.2, -0.15) is 4.31 Å². The Morgan fingerprint density at radius 2 is 2.03 bits per heavy atom. The topological polar surface area (TPSA) is 233 Å². The maximum absolute atomic E-state index is 14.0. The minimum Gasteiger partial charge on any atom is -0.386 e. The number of rotatable bonds is 7. The summed E-state index contributed by atoms with van der Waals surface area (Å²) >= 11 is 0. The van der Waals surface area contributed by atoms with Crippen molar-refractivity contribution in [2.45, 2.75) is 23.5 Å².